The smallest absolute Gasteiger partial charge is 0.168 e. The zero-order chi connectivity index (χ0) is 15.6. The van der Waals surface area contributed by atoms with Gasteiger partial charge in [0.25, 0.3) is 0 Å². The minimum atomic E-state index is -0.314. The Balaban J connectivity index is 2.16. The van der Waals surface area contributed by atoms with E-state index in [1.165, 1.54) is 17.7 Å². The maximum Gasteiger partial charge on any atom is 0.168 e. The van der Waals surface area contributed by atoms with Crippen LogP contribution < -0.4 is 0 Å². The summed E-state index contributed by atoms with van der Waals surface area (Å²) in [6.45, 7) is 6.48. The number of carbonyl (C=O) groups excluding carboxylic acids is 1. The summed E-state index contributed by atoms with van der Waals surface area (Å²) in [5.41, 5.74) is 2.91. The maximum absolute atomic E-state index is 13.1. The average molecular weight is 396 g/mol. The van der Waals surface area contributed by atoms with Crippen molar-refractivity contribution in [2.45, 2.75) is 32.6 Å². The summed E-state index contributed by atoms with van der Waals surface area (Å²) in [5, 5.41) is 0. The van der Waals surface area contributed by atoms with Crippen molar-refractivity contribution < 1.29 is 9.18 Å². The molecule has 0 spiro atoms. The topological polar surface area (TPSA) is 17.1 Å². The Labute approximate surface area is 138 Å². The second kappa shape index (κ2) is 6.26. The molecule has 1 nitrogen and oxygen atoms in total. The normalized spacial score (nSPS) is 11.5. The van der Waals surface area contributed by atoms with Gasteiger partial charge in [-0.2, -0.15) is 0 Å². The third kappa shape index (κ3) is 4.13. The molecule has 0 aliphatic carbocycles. The van der Waals surface area contributed by atoms with Gasteiger partial charge in [-0.05, 0) is 57.3 Å². The van der Waals surface area contributed by atoms with Crippen LogP contribution in [0.3, 0.4) is 0 Å². The average Bonchev–Trinajstić information content (AvgIpc) is 2.38. The molecule has 0 aliphatic rings. The lowest BCUT2D eigenvalue weighted by molar-refractivity contribution is 0.0992. The fourth-order valence-corrected chi connectivity index (χ4v) is 2.90. The van der Waals surface area contributed by atoms with Gasteiger partial charge in [0, 0.05) is 15.6 Å². The highest BCUT2D eigenvalue weighted by atomic mass is 127. The van der Waals surface area contributed by atoms with Crippen LogP contribution in [0.4, 0.5) is 4.39 Å². The molecule has 0 amide bonds. The lowest BCUT2D eigenvalue weighted by Crippen LogP contribution is -2.11. The first-order chi connectivity index (χ1) is 9.77. The van der Waals surface area contributed by atoms with E-state index < -0.39 is 0 Å². The van der Waals surface area contributed by atoms with Gasteiger partial charge in [-0.1, -0.05) is 45.0 Å². The van der Waals surface area contributed by atoms with E-state index in [1.54, 1.807) is 6.07 Å². The first kappa shape index (κ1) is 16.1. The third-order valence-electron chi connectivity index (χ3n) is 3.42. The van der Waals surface area contributed by atoms with Crippen molar-refractivity contribution in [3.8, 4) is 0 Å². The van der Waals surface area contributed by atoms with Gasteiger partial charge in [0.05, 0.1) is 0 Å². The fraction of sp³-hybridized carbons (Fsp3) is 0.278. The van der Waals surface area contributed by atoms with Crippen LogP contribution in [0.2, 0.25) is 0 Å². The number of carbonyl (C=O) groups is 1. The van der Waals surface area contributed by atoms with Gasteiger partial charge in [0.2, 0.25) is 0 Å². The summed E-state index contributed by atoms with van der Waals surface area (Å²) in [7, 11) is 0. The van der Waals surface area contributed by atoms with Crippen molar-refractivity contribution >= 4 is 28.4 Å². The highest BCUT2D eigenvalue weighted by molar-refractivity contribution is 14.1. The predicted molar refractivity (Wildman–Crippen MR) is 92.3 cm³/mol. The summed E-state index contributed by atoms with van der Waals surface area (Å²) in [4.78, 5) is 12.3. The lowest BCUT2D eigenvalue weighted by Gasteiger charge is -2.19. The predicted octanol–water partition coefficient (Wildman–Crippen LogP) is 5.15. The van der Waals surface area contributed by atoms with E-state index in [0.29, 0.717) is 15.6 Å². The van der Waals surface area contributed by atoms with E-state index in [4.69, 9.17) is 0 Å². The summed E-state index contributed by atoms with van der Waals surface area (Å²) >= 11 is 2.00. The van der Waals surface area contributed by atoms with Crippen LogP contribution >= 0.6 is 22.6 Å². The van der Waals surface area contributed by atoms with Crippen molar-refractivity contribution in [2.24, 2.45) is 0 Å². The Morgan fingerprint density at radius 2 is 1.71 bits per heavy atom. The van der Waals surface area contributed by atoms with E-state index in [2.05, 4.69) is 32.9 Å². The first-order valence-electron chi connectivity index (χ1n) is 6.85. The molecule has 0 bridgehead atoms. The zero-order valence-electron chi connectivity index (χ0n) is 12.4. The summed E-state index contributed by atoms with van der Waals surface area (Å²) < 4.78 is 13.7. The summed E-state index contributed by atoms with van der Waals surface area (Å²) in [6, 6.07) is 12.4. The van der Waals surface area contributed by atoms with Crippen molar-refractivity contribution in [3.05, 3.63) is 68.5 Å². The molecule has 2 rings (SSSR count). The van der Waals surface area contributed by atoms with Crippen LogP contribution in [0.15, 0.2) is 42.5 Å². The quantitative estimate of drug-likeness (QED) is 0.518. The maximum atomic E-state index is 13.1. The molecule has 0 fully saturated rings. The van der Waals surface area contributed by atoms with Crippen molar-refractivity contribution in [1.82, 2.24) is 0 Å². The Morgan fingerprint density at radius 1 is 1.10 bits per heavy atom. The number of rotatable bonds is 3. The number of Topliss-reactive ketones (excluding diaryl/α,β-unsaturated/α-hetero) is 1. The van der Waals surface area contributed by atoms with Gasteiger partial charge in [0.1, 0.15) is 5.82 Å². The molecule has 0 saturated carbocycles. The molecule has 0 unspecified atom stereocenters. The second-order valence-electron chi connectivity index (χ2n) is 6.17. The lowest BCUT2D eigenvalue weighted by atomic mass is 9.86. The number of hydrogen-bond donors (Lipinski definition) is 0. The highest BCUT2D eigenvalue weighted by Crippen LogP contribution is 2.23. The van der Waals surface area contributed by atoms with Crippen LogP contribution in [0.5, 0.6) is 0 Å². The van der Waals surface area contributed by atoms with Gasteiger partial charge < -0.3 is 0 Å². The van der Waals surface area contributed by atoms with Crippen LogP contribution in [0.1, 0.15) is 42.3 Å². The van der Waals surface area contributed by atoms with Crippen LogP contribution in [0.25, 0.3) is 0 Å². The van der Waals surface area contributed by atoms with E-state index in [-0.39, 0.29) is 17.0 Å². The standard InChI is InChI=1S/C18H18FIO/c1-18(2,3)13-6-4-12(5-7-13)10-17(21)15-9-8-14(19)11-16(15)20/h4-9,11H,10H2,1-3H3. The minimum Gasteiger partial charge on any atom is -0.294 e. The van der Waals surface area contributed by atoms with Crippen LogP contribution in [0, 0.1) is 9.39 Å². The molecule has 110 valence electrons. The highest BCUT2D eigenvalue weighted by Gasteiger charge is 2.15. The minimum absolute atomic E-state index is 0.0166. The molecule has 0 heterocycles. The third-order valence-corrected chi connectivity index (χ3v) is 4.31. The molecule has 2 aromatic carbocycles. The molecule has 0 radical (unpaired) electrons. The Bertz CT molecular complexity index is 654. The molecule has 0 N–H and O–H groups in total. The second-order valence-corrected chi connectivity index (χ2v) is 7.33. The van der Waals surface area contributed by atoms with E-state index >= 15 is 0 Å². The Kier molecular flexibility index (Phi) is 4.81. The first-order valence-corrected chi connectivity index (χ1v) is 7.93. The molecule has 21 heavy (non-hydrogen) atoms. The Morgan fingerprint density at radius 3 is 2.24 bits per heavy atom. The molecule has 0 aliphatic heterocycles. The van der Waals surface area contributed by atoms with Crippen molar-refractivity contribution in [1.29, 1.82) is 0 Å². The molecule has 0 saturated heterocycles. The van der Waals surface area contributed by atoms with E-state index in [0.717, 1.165) is 5.56 Å². The van der Waals surface area contributed by atoms with Crippen molar-refractivity contribution in [2.75, 3.05) is 0 Å². The van der Waals surface area contributed by atoms with Gasteiger partial charge in [-0.15, -0.1) is 0 Å². The number of halogens is 2. The molecule has 2 aromatic rings. The zero-order valence-corrected chi connectivity index (χ0v) is 14.6. The van der Waals surface area contributed by atoms with Gasteiger partial charge >= 0.3 is 0 Å². The van der Waals surface area contributed by atoms with Gasteiger partial charge in [-0.3, -0.25) is 4.79 Å². The molecule has 0 aromatic heterocycles. The number of benzene rings is 2. The number of hydrogen-bond acceptors (Lipinski definition) is 1. The van der Waals surface area contributed by atoms with E-state index in [1.807, 2.05) is 34.7 Å². The van der Waals surface area contributed by atoms with Crippen LogP contribution in [-0.4, -0.2) is 5.78 Å². The molecular weight excluding hydrogens is 378 g/mol. The molecule has 3 heteroatoms. The Hall–Kier alpha value is -1.23. The van der Waals surface area contributed by atoms with Crippen LogP contribution in [-0.2, 0) is 11.8 Å². The summed E-state index contributed by atoms with van der Waals surface area (Å²) in [6.07, 6.45) is 0.339. The van der Waals surface area contributed by atoms with Crippen molar-refractivity contribution in [3.63, 3.8) is 0 Å². The fourth-order valence-electron chi connectivity index (χ4n) is 2.12. The summed E-state index contributed by atoms with van der Waals surface area (Å²) in [5.74, 6) is -0.298. The molecular formula is C18H18FIO. The van der Waals surface area contributed by atoms with Gasteiger partial charge in [-0.25, -0.2) is 4.39 Å². The monoisotopic (exact) mass is 396 g/mol. The molecule has 0 atom stereocenters. The SMILES string of the molecule is CC(C)(C)c1ccc(CC(=O)c2ccc(F)cc2I)cc1. The number of ketones is 1. The van der Waals surface area contributed by atoms with E-state index in [9.17, 15) is 9.18 Å². The largest absolute Gasteiger partial charge is 0.294 e. The van der Waals surface area contributed by atoms with Gasteiger partial charge in [0.15, 0.2) is 5.78 Å².